The maximum Gasteiger partial charge on any atom is 0.335 e. The molecule has 0 amide bonds. The van der Waals surface area contributed by atoms with Crippen LogP contribution in [-0.4, -0.2) is 26.0 Å². The van der Waals surface area contributed by atoms with Gasteiger partial charge in [0.05, 0.1) is 11.3 Å². The van der Waals surface area contributed by atoms with Crippen molar-refractivity contribution in [2.75, 3.05) is 11.9 Å². The predicted octanol–water partition coefficient (Wildman–Crippen LogP) is 3.88. The largest absolute Gasteiger partial charge is 0.478 e. The molecule has 0 aliphatic heterocycles. The zero-order valence-electron chi connectivity index (χ0n) is 15.8. The van der Waals surface area contributed by atoms with E-state index in [1.54, 1.807) is 6.92 Å². The Bertz CT molecular complexity index is 880. The normalized spacial score (nSPS) is 12.7. The summed E-state index contributed by atoms with van der Waals surface area (Å²) in [7, 11) is -3.92. The van der Waals surface area contributed by atoms with Crippen molar-refractivity contribution in [2.45, 2.75) is 38.1 Å². The first-order chi connectivity index (χ1) is 12.7. The standard InChI is InChI=1S/C20H26N2O4S/c1-14(2)11-12-21-18-10-9-17(20(23)24)13-19(18)27(25,26)22-15(3)16-7-5-4-6-8-16/h4-10,13-15,21-22H,11-12H2,1-3H3,(H,23,24). The van der Waals surface area contributed by atoms with Gasteiger partial charge in [0.2, 0.25) is 10.0 Å². The monoisotopic (exact) mass is 390 g/mol. The van der Waals surface area contributed by atoms with Crippen LogP contribution in [-0.2, 0) is 10.0 Å². The highest BCUT2D eigenvalue weighted by Crippen LogP contribution is 2.25. The SMILES string of the molecule is CC(C)CCNc1ccc(C(=O)O)cc1S(=O)(=O)NC(C)c1ccccc1. The zero-order valence-corrected chi connectivity index (χ0v) is 16.6. The molecule has 0 fully saturated rings. The quantitative estimate of drug-likeness (QED) is 0.604. The summed E-state index contributed by atoms with van der Waals surface area (Å²) in [6.45, 7) is 6.51. The highest BCUT2D eigenvalue weighted by molar-refractivity contribution is 7.89. The number of rotatable bonds is 9. The Morgan fingerprint density at radius 3 is 2.33 bits per heavy atom. The number of benzene rings is 2. The van der Waals surface area contributed by atoms with Gasteiger partial charge in [-0.1, -0.05) is 44.2 Å². The van der Waals surface area contributed by atoms with Crippen molar-refractivity contribution < 1.29 is 18.3 Å². The van der Waals surface area contributed by atoms with Crippen molar-refractivity contribution in [1.29, 1.82) is 0 Å². The first kappa shape index (κ1) is 20.9. The molecule has 0 aliphatic rings. The third kappa shape index (κ3) is 5.80. The van der Waals surface area contributed by atoms with Gasteiger partial charge in [-0.2, -0.15) is 0 Å². The Morgan fingerprint density at radius 2 is 1.74 bits per heavy atom. The lowest BCUT2D eigenvalue weighted by atomic mass is 10.1. The van der Waals surface area contributed by atoms with Gasteiger partial charge in [0, 0.05) is 12.6 Å². The summed E-state index contributed by atoms with van der Waals surface area (Å²) in [6, 6.07) is 12.9. The number of aromatic carboxylic acids is 1. The molecule has 0 saturated heterocycles. The van der Waals surface area contributed by atoms with Crippen molar-refractivity contribution in [1.82, 2.24) is 4.72 Å². The maximum atomic E-state index is 13.0. The van der Waals surface area contributed by atoms with Gasteiger partial charge in [0.15, 0.2) is 0 Å². The van der Waals surface area contributed by atoms with Crippen LogP contribution in [0, 0.1) is 5.92 Å². The van der Waals surface area contributed by atoms with Crippen LogP contribution in [0.15, 0.2) is 53.4 Å². The van der Waals surface area contributed by atoms with Crippen molar-refractivity contribution in [3.8, 4) is 0 Å². The highest BCUT2D eigenvalue weighted by atomic mass is 32.2. The van der Waals surface area contributed by atoms with Crippen LogP contribution in [0.3, 0.4) is 0 Å². The van der Waals surface area contributed by atoms with Crippen molar-refractivity contribution in [3.05, 3.63) is 59.7 Å². The van der Waals surface area contributed by atoms with Crippen molar-refractivity contribution >= 4 is 21.7 Å². The average molecular weight is 391 g/mol. The van der Waals surface area contributed by atoms with Gasteiger partial charge >= 0.3 is 5.97 Å². The molecule has 0 aliphatic carbocycles. The summed E-state index contributed by atoms with van der Waals surface area (Å²) < 4.78 is 28.6. The molecule has 0 saturated carbocycles. The Labute approximate surface area is 160 Å². The first-order valence-corrected chi connectivity index (χ1v) is 10.4. The van der Waals surface area contributed by atoms with Crippen molar-refractivity contribution in [3.63, 3.8) is 0 Å². The molecule has 0 radical (unpaired) electrons. The van der Waals surface area contributed by atoms with Crippen LogP contribution < -0.4 is 10.0 Å². The third-order valence-electron chi connectivity index (χ3n) is 4.19. The van der Waals surface area contributed by atoms with Gasteiger partial charge in [-0.05, 0) is 43.0 Å². The maximum absolute atomic E-state index is 13.0. The Balaban J connectivity index is 2.33. The second-order valence-electron chi connectivity index (χ2n) is 6.88. The van der Waals surface area contributed by atoms with E-state index in [-0.39, 0.29) is 10.5 Å². The molecule has 7 heteroatoms. The number of hydrogen-bond donors (Lipinski definition) is 3. The van der Waals surface area contributed by atoms with Crippen LogP contribution >= 0.6 is 0 Å². The zero-order chi connectivity index (χ0) is 20.0. The van der Waals surface area contributed by atoms with E-state index in [1.807, 2.05) is 30.3 Å². The minimum Gasteiger partial charge on any atom is -0.478 e. The number of sulfonamides is 1. The van der Waals surface area contributed by atoms with Gasteiger partial charge in [0.25, 0.3) is 0 Å². The molecule has 1 atom stereocenters. The molecule has 3 N–H and O–H groups in total. The molecule has 2 aromatic rings. The molecular formula is C20H26N2O4S. The number of hydrogen-bond acceptors (Lipinski definition) is 4. The number of nitrogens with one attached hydrogen (secondary N) is 2. The van der Waals surface area contributed by atoms with E-state index in [4.69, 9.17) is 0 Å². The summed E-state index contributed by atoms with van der Waals surface area (Å²) >= 11 is 0. The van der Waals surface area contributed by atoms with E-state index in [2.05, 4.69) is 23.9 Å². The van der Waals surface area contributed by atoms with E-state index in [0.717, 1.165) is 12.0 Å². The summed E-state index contributed by atoms with van der Waals surface area (Å²) in [5.41, 5.74) is 1.15. The van der Waals surface area contributed by atoms with Gasteiger partial charge in [-0.3, -0.25) is 0 Å². The Morgan fingerprint density at radius 1 is 1.07 bits per heavy atom. The molecule has 0 heterocycles. The topological polar surface area (TPSA) is 95.5 Å². The molecule has 0 spiro atoms. The lowest BCUT2D eigenvalue weighted by Gasteiger charge is -2.18. The average Bonchev–Trinajstić information content (AvgIpc) is 2.61. The molecule has 6 nitrogen and oxygen atoms in total. The van der Waals surface area contributed by atoms with Gasteiger partial charge in [-0.15, -0.1) is 0 Å². The van der Waals surface area contributed by atoms with Crippen LogP contribution in [0.2, 0.25) is 0 Å². The minimum absolute atomic E-state index is 0.0612. The van der Waals surface area contributed by atoms with Crippen LogP contribution in [0.5, 0.6) is 0 Å². The van der Waals surface area contributed by atoms with E-state index >= 15 is 0 Å². The molecule has 2 aromatic carbocycles. The number of carbonyl (C=O) groups is 1. The molecule has 27 heavy (non-hydrogen) atoms. The smallest absolute Gasteiger partial charge is 0.335 e. The lowest BCUT2D eigenvalue weighted by Crippen LogP contribution is -2.28. The van der Waals surface area contributed by atoms with Crippen LogP contribution in [0.1, 0.15) is 49.2 Å². The first-order valence-electron chi connectivity index (χ1n) is 8.89. The van der Waals surface area contributed by atoms with E-state index in [1.165, 1.54) is 18.2 Å². The summed E-state index contributed by atoms with van der Waals surface area (Å²) in [5, 5.41) is 12.4. The second kappa shape index (κ2) is 9.01. The fourth-order valence-electron chi connectivity index (χ4n) is 2.63. The van der Waals surface area contributed by atoms with Crippen molar-refractivity contribution in [2.24, 2.45) is 5.92 Å². The van der Waals surface area contributed by atoms with E-state index in [9.17, 15) is 18.3 Å². The van der Waals surface area contributed by atoms with E-state index < -0.39 is 22.0 Å². The molecule has 146 valence electrons. The Hall–Kier alpha value is -2.38. The second-order valence-corrected chi connectivity index (χ2v) is 8.56. The van der Waals surface area contributed by atoms with Crippen LogP contribution in [0.4, 0.5) is 5.69 Å². The minimum atomic E-state index is -3.92. The summed E-state index contributed by atoms with van der Waals surface area (Å²) in [4.78, 5) is 11.2. The molecule has 2 rings (SSSR count). The molecule has 1 unspecified atom stereocenters. The molecular weight excluding hydrogens is 364 g/mol. The van der Waals surface area contributed by atoms with Crippen LogP contribution in [0.25, 0.3) is 0 Å². The van der Waals surface area contributed by atoms with Gasteiger partial charge in [0.1, 0.15) is 4.90 Å². The highest BCUT2D eigenvalue weighted by Gasteiger charge is 2.23. The fraction of sp³-hybridized carbons (Fsp3) is 0.350. The number of carboxylic acid groups (broad SMARTS) is 1. The lowest BCUT2D eigenvalue weighted by molar-refractivity contribution is 0.0696. The number of carboxylic acids is 1. The molecule has 0 aromatic heterocycles. The molecule has 0 bridgehead atoms. The Kier molecular flexibility index (Phi) is 6.98. The van der Waals surface area contributed by atoms with Gasteiger partial charge < -0.3 is 10.4 Å². The van der Waals surface area contributed by atoms with Gasteiger partial charge in [-0.25, -0.2) is 17.9 Å². The summed E-state index contributed by atoms with van der Waals surface area (Å²) in [6.07, 6.45) is 0.869. The van der Waals surface area contributed by atoms with E-state index in [0.29, 0.717) is 18.2 Å². The summed E-state index contributed by atoms with van der Waals surface area (Å²) in [5.74, 6) is -0.705. The fourth-order valence-corrected chi connectivity index (χ4v) is 4.07. The number of anilines is 1. The predicted molar refractivity (Wildman–Crippen MR) is 107 cm³/mol. The third-order valence-corrected chi connectivity index (χ3v) is 5.77.